The van der Waals surface area contributed by atoms with Crippen LogP contribution in [0.4, 0.5) is 17.3 Å². The topological polar surface area (TPSA) is 106 Å². The Morgan fingerprint density at radius 1 is 1.32 bits per heavy atom. The van der Waals surface area contributed by atoms with Gasteiger partial charge < -0.3 is 10.7 Å². The molecule has 0 spiro atoms. The third-order valence-electron chi connectivity index (χ3n) is 3.78. The Hall–Kier alpha value is -1.89. The zero-order valence-electron chi connectivity index (χ0n) is 10.5. The molecular weight excluding hydrogens is 246 g/mol. The summed E-state index contributed by atoms with van der Waals surface area (Å²) in [5.41, 5.74) is 2.43. The lowest BCUT2D eigenvalue weighted by Crippen LogP contribution is -2.25. The first-order valence-electron chi connectivity index (χ1n) is 6.57. The molecule has 0 aromatic carbocycles. The van der Waals surface area contributed by atoms with Gasteiger partial charge in [0.1, 0.15) is 5.82 Å². The molecule has 2 aliphatic rings. The number of hydrogen-bond acceptors (Lipinski definition) is 6. The molecule has 7 nitrogen and oxygen atoms in total. The van der Waals surface area contributed by atoms with Crippen LogP contribution in [-0.4, -0.2) is 15.9 Å². The summed E-state index contributed by atoms with van der Waals surface area (Å²) < 4.78 is 0. The maximum absolute atomic E-state index is 11.0. The zero-order valence-corrected chi connectivity index (χ0v) is 10.5. The summed E-state index contributed by atoms with van der Waals surface area (Å²) in [6, 6.07) is 3.26. The van der Waals surface area contributed by atoms with Crippen LogP contribution in [-0.2, 0) is 0 Å². The normalized spacial score (nSPS) is 18.4. The van der Waals surface area contributed by atoms with Crippen LogP contribution in [0.3, 0.4) is 0 Å². The summed E-state index contributed by atoms with van der Waals surface area (Å²) in [7, 11) is 0. The first-order valence-corrected chi connectivity index (χ1v) is 6.57. The van der Waals surface area contributed by atoms with E-state index in [2.05, 4.69) is 15.7 Å². The van der Waals surface area contributed by atoms with E-state index >= 15 is 0 Å². The lowest BCUT2D eigenvalue weighted by molar-refractivity contribution is -0.384. The standard InChI is InChI=1S/C12H17N5O2/c13-16-10-6-5-9(17(18)19)12(14-10)15-11(7-1-2-7)8-3-4-8/h5-8,11H,1-4,13H2,(H2,14,15,16). The van der Waals surface area contributed by atoms with Gasteiger partial charge in [0, 0.05) is 12.1 Å². The molecule has 3 rings (SSSR count). The molecule has 0 bridgehead atoms. The van der Waals surface area contributed by atoms with E-state index in [9.17, 15) is 10.1 Å². The van der Waals surface area contributed by atoms with E-state index in [1.165, 1.54) is 37.8 Å². The van der Waals surface area contributed by atoms with Crippen molar-refractivity contribution in [2.24, 2.45) is 17.7 Å². The van der Waals surface area contributed by atoms with Gasteiger partial charge in [-0.3, -0.25) is 10.1 Å². The van der Waals surface area contributed by atoms with Gasteiger partial charge in [-0.2, -0.15) is 0 Å². The van der Waals surface area contributed by atoms with Gasteiger partial charge in [-0.25, -0.2) is 10.8 Å². The second-order valence-electron chi connectivity index (χ2n) is 5.31. The summed E-state index contributed by atoms with van der Waals surface area (Å²) in [5, 5.41) is 14.3. The van der Waals surface area contributed by atoms with Crippen LogP contribution in [0.2, 0.25) is 0 Å². The van der Waals surface area contributed by atoms with E-state index < -0.39 is 4.92 Å². The number of rotatable bonds is 6. The van der Waals surface area contributed by atoms with E-state index in [1.54, 1.807) is 0 Å². The predicted molar refractivity (Wildman–Crippen MR) is 71.6 cm³/mol. The Kier molecular flexibility index (Phi) is 2.98. The highest BCUT2D eigenvalue weighted by Gasteiger charge is 2.42. The minimum atomic E-state index is -0.410. The monoisotopic (exact) mass is 263 g/mol. The fraction of sp³-hybridized carbons (Fsp3) is 0.583. The molecule has 2 fully saturated rings. The van der Waals surface area contributed by atoms with Crippen LogP contribution in [0.5, 0.6) is 0 Å². The first kappa shape index (κ1) is 12.2. The van der Waals surface area contributed by atoms with Gasteiger partial charge in [-0.15, -0.1) is 0 Å². The molecule has 4 N–H and O–H groups in total. The van der Waals surface area contributed by atoms with Gasteiger partial charge in [-0.05, 0) is 43.6 Å². The Morgan fingerprint density at radius 3 is 2.42 bits per heavy atom. The average Bonchev–Trinajstić information content (AvgIpc) is 3.28. The maximum atomic E-state index is 11.0. The van der Waals surface area contributed by atoms with Crippen LogP contribution < -0.4 is 16.6 Å². The summed E-state index contributed by atoms with van der Waals surface area (Å²) in [6.07, 6.45) is 4.82. The number of anilines is 2. The number of nitro groups is 1. The Balaban J connectivity index is 1.86. The molecule has 0 aliphatic heterocycles. The molecule has 0 unspecified atom stereocenters. The minimum Gasteiger partial charge on any atom is -0.361 e. The first-order chi connectivity index (χ1) is 9.19. The van der Waals surface area contributed by atoms with Gasteiger partial charge in [-0.1, -0.05) is 0 Å². The van der Waals surface area contributed by atoms with Gasteiger partial charge in [0.25, 0.3) is 0 Å². The number of hydrogen-bond donors (Lipinski definition) is 3. The van der Waals surface area contributed by atoms with Crippen molar-refractivity contribution in [1.29, 1.82) is 0 Å². The van der Waals surface area contributed by atoms with E-state index in [0.29, 0.717) is 29.5 Å². The van der Waals surface area contributed by atoms with Gasteiger partial charge >= 0.3 is 5.69 Å². The van der Waals surface area contributed by atoms with Crippen molar-refractivity contribution >= 4 is 17.3 Å². The molecule has 0 radical (unpaired) electrons. The third kappa shape index (κ3) is 2.60. The molecule has 1 aromatic rings. The lowest BCUT2D eigenvalue weighted by Gasteiger charge is -2.18. The molecule has 1 aromatic heterocycles. The van der Waals surface area contributed by atoms with Crippen LogP contribution >= 0.6 is 0 Å². The summed E-state index contributed by atoms with van der Waals surface area (Å²) in [4.78, 5) is 14.8. The van der Waals surface area contributed by atoms with Crippen LogP contribution in [0, 0.1) is 22.0 Å². The molecule has 0 atom stereocenters. The molecule has 19 heavy (non-hydrogen) atoms. The fourth-order valence-electron chi connectivity index (χ4n) is 2.47. The summed E-state index contributed by atoms with van der Waals surface area (Å²) in [5.74, 6) is 7.35. The third-order valence-corrected chi connectivity index (χ3v) is 3.78. The van der Waals surface area contributed by atoms with E-state index in [1.807, 2.05) is 0 Å². The number of nitrogens with two attached hydrogens (primary N) is 1. The number of nitrogens with zero attached hydrogens (tertiary/aromatic N) is 2. The van der Waals surface area contributed by atoms with Gasteiger partial charge in [0.05, 0.1) is 4.92 Å². The second-order valence-corrected chi connectivity index (χ2v) is 5.31. The predicted octanol–water partition coefficient (Wildman–Crippen LogP) is 1.88. The van der Waals surface area contributed by atoms with Crippen molar-refractivity contribution in [3.63, 3.8) is 0 Å². The SMILES string of the molecule is NNc1ccc([N+](=O)[O-])c(NC(C2CC2)C2CC2)n1. The van der Waals surface area contributed by atoms with Crippen LogP contribution in [0.25, 0.3) is 0 Å². The number of nitrogens with one attached hydrogen (secondary N) is 2. The molecule has 2 saturated carbocycles. The Labute approximate surface area is 110 Å². The highest BCUT2D eigenvalue weighted by atomic mass is 16.6. The highest BCUT2D eigenvalue weighted by molar-refractivity contribution is 5.60. The maximum Gasteiger partial charge on any atom is 0.311 e. The second kappa shape index (κ2) is 4.65. The zero-order chi connectivity index (χ0) is 13.4. The van der Waals surface area contributed by atoms with Gasteiger partial charge in [0.2, 0.25) is 5.82 Å². The smallest absolute Gasteiger partial charge is 0.311 e. The van der Waals surface area contributed by atoms with Crippen molar-refractivity contribution in [2.45, 2.75) is 31.7 Å². The summed E-state index contributed by atoms with van der Waals surface area (Å²) in [6.45, 7) is 0. The molecular formula is C12H17N5O2. The number of hydrazine groups is 1. The Morgan fingerprint density at radius 2 is 1.95 bits per heavy atom. The summed E-state index contributed by atoms with van der Waals surface area (Å²) >= 11 is 0. The highest BCUT2D eigenvalue weighted by Crippen LogP contribution is 2.46. The van der Waals surface area contributed by atoms with E-state index in [-0.39, 0.29) is 5.69 Å². The van der Waals surface area contributed by atoms with Gasteiger partial charge in [0.15, 0.2) is 0 Å². The van der Waals surface area contributed by atoms with Crippen molar-refractivity contribution in [2.75, 3.05) is 10.7 Å². The molecule has 0 amide bonds. The van der Waals surface area contributed by atoms with Crippen molar-refractivity contribution in [1.82, 2.24) is 4.98 Å². The minimum absolute atomic E-state index is 0.00491. The largest absolute Gasteiger partial charge is 0.361 e. The molecule has 102 valence electrons. The molecule has 1 heterocycles. The van der Waals surface area contributed by atoms with Crippen LogP contribution in [0.1, 0.15) is 25.7 Å². The Bertz CT molecular complexity index is 487. The lowest BCUT2D eigenvalue weighted by atomic mass is 10.1. The van der Waals surface area contributed by atoms with Crippen LogP contribution in [0.15, 0.2) is 12.1 Å². The number of nitrogen functional groups attached to an aromatic ring is 1. The molecule has 2 aliphatic carbocycles. The van der Waals surface area contributed by atoms with Crippen molar-refractivity contribution in [3.8, 4) is 0 Å². The number of aromatic nitrogens is 1. The quantitative estimate of drug-likeness (QED) is 0.411. The van der Waals surface area contributed by atoms with Crippen molar-refractivity contribution < 1.29 is 4.92 Å². The van der Waals surface area contributed by atoms with E-state index in [4.69, 9.17) is 5.84 Å². The van der Waals surface area contributed by atoms with E-state index in [0.717, 1.165) is 0 Å². The average molecular weight is 263 g/mol. The molecule has 7 heteroatoms. The number of pyridine rings is 1. The van der Waals surface area contributed by atoms with Crippen molar-refractivity contribution in [3.05, 3.63) is 22.2 Å². The fourth-order valence-corrected chi connectivity index (χ4v) is 2.47. The molecule has 0 saturated heterocycles.